The van der Waals surface area contributed by atoms with E-state index in [1.807, 2.05) is 0 Å². The zero-order valence-corrected chi connectivity index (χ0v) is 11.2. The minimum Gasteiger partial charge on any atom is -0.399 e. The van der Waals surface area contributed by atoms with Crippen LogP contribution in [-0.2, 0) is 0 Å². The van der Waals surface area contributed by atoms with Crippen molar-refractivity contribution >= 4 is 17.4 Å². The van der Waals surface area contributed by atoms with Crippen LogP contribution in [0, 0.1) is 0 Å². The monoisotopic (exact) mass is 263 g/mol. The molecule has 0 radical (unpaired) electrons. The Kier molecular flexibility index (Phi) is 4.27. The molecule has 2 amide bonds. The van der Waals surface area contributed by atoms with E-state index in [0.717, 1.165) is 25.7 Å². The molecule has 1 aromatic carbocycles. The molecule has 0 heterocycles. The molecule has 1 aliphatic rings. The summed E-state index contributed by atoms with van der Waals surface area (Å²) in [7, 11) is 1.73. The van der Waals surface area contributed by atoms with Gasteiger partial charge in [-0.2, -0.15) is 0 Å². The number of nitrogens with zero attached hydrogens (tertiary/aromatic N) is 1. The van der Waals surface area contributed by atoms with Crippen molar-refractivity contribution in [2.24, 2.45) is 0 Å². The highest BCUT2D eigenvalue weighted by Gasteiger charge is 2.29. The Bertz CT molecular complexity index is 433. The predicted octanol–water partition coefficient (Wildman–Crippen LogP) is 2.04. The Balaban J connectivity index is 1.96. The fourth-order valence-corrected chi connectivity index (χ4v) is 2.47. The van der Waals surface area contributed by atoms with E-state index in [4.69, 9.17) is 5.73 Å². The number of aliphatic hydroxyl groups is 1. The summed E-state index contributed by atoms with van der Waals surface area (Å²) >= 11 is 0. The van der Waals surface area contributed by atoms with Gasteiger partial charge in [-0.15, -0.1) is 0 Å². The van der Waals surface area contributed by atoms with E-state index in [1.54, 1.807) is 36.2 Å². The number of urea groups is 1. The molecule has 0 aromatic heterocycles. The molecule has 19 heavy (non-hydrogen) atoms. The largest absolute Gasteiger partial charge is 0.399 e. The predicted molar refractivity (Wildman–Crippen MR) is 75.9 cm³/mol. The number of nitrogens with two attached hydrogens (primary N) is 1. The Morgan fingerprint density at radius 2 is 1.95 bits per heavy atom. The van der Waals surface area contributed by atoms with Crippen LogP contribution in [0.3, 0.4) is 0 Å². The van der Waals surface area contributed by atoms with E-state index < -0.39 is 6.10 Å². The highest BCUT2D eigenvalue weighted by molar-refractivity contribution is 5.89. The fourth-order valence-electron chi connectivity index (χ4n) is 2.47. The van der Waals surface area contributed by atoms with E-state index >= 15 is 0 Å². The molecule has 104 valence electrons. The molecule has 4 N–H and O–H groups in total. The molecule has 5 nitrogen and oxygen atoms in total. The maximum Gasteiger partial charge on any atom is 0.321 e. The van der Waals surface area contributed by atoms with Crippen LogP contribution >= 0.6 is 0 Å². The average molecular weight is 263 g/mol. The molecule has 2 unspecified atom stereocenters. The summed E-state index contributed by atoms with van der Waals surface area (Å²) in [6.45, 7) is 0. The Labute approximate surface area is 113 Å². The van der Waals surface area contributed by atoms with Gasteiger partial charge in [-0.1, -0.05) is 12.8 Å². The van der Waals surface area contributed by atoms with Gasteiger partial charge in [0.25, 0.3) is 0 Å². The molecule has 5 heteroatoms. The minimum absolute atomic E-state index is 0.0949. The van der Waals surface area contributed by atoms with Crippen LogP contribution in [-0.4, -0.2) is 35.2 Å². The lowest BCUT2D eigenvalue weighted by molar-refractivity contribution is 0.0494. The van der Waals surface area contributed by atoms with E-state index in [0.29, 0.717) is 11.4 Å². The fraction of sp³-hybridized carbons (Fsp3) is 0.500. The summed E-state index contributed by atoms with van der Waals surface area (Å²) in [5, 5.41) is 12.8. The molecule has 1 fully saturated rings. The second kappa shape index (κ2) is 5.93. The molecular weight excluding hydrogens is 242 g/mol. The highest BCUT2D eigenvalue weighted by Crippen LogP contribution is 2.23. The molecule has 1 saturated carbocycles. The first-order valence-electron chi connectivity index (χ1n) is 6.65. The summed E-state index contributed by atoms with van der Waals surface area (Å²) in [5.74, 6) is 0. The van der Waals surface area contributed by atoms with Gasteiger partial charge >= 0.3 is 6.03 Å². The lowest BCUT2D eigenvalue weighted by Crippen LogP contribution is -2.47. The number of carbonyl (C=O) groups excluding carboxylic acids is 1. The maximum atomic E-state index is 12.1. The van der Waals surface area contributed by atoms with Gasteiger partial charge in [-0.25, -0.2) is 4.79 Å². The standard InChI is InChI=1S/C14H21N3O2/c1-17(12-4-2-3-5-13(12)18)14(19)16-11-8-6-10(15)7-9-11/h6-9,12-13,18H,2-5,15H2,1H3,(H,16,19). The molecule has 0 saturated heterocycles. The average Bonchev–Trinajstić information content (AvgIpc) is 2.41. The minimum atomic E-state index is -0.420. The van der Waals surface area contributed by atoms with Crippen molar-refractivity contribution in [3.05, 3.63) is 24.3 Å². The second-order valence-corrected chi connectivity index (χ2v) is 5.08. The number of nitrogens with one attached hydrogen (secondary N) is 1. The summed E-state index contributed by atoms with van der Waals surface area (Å²) in [4.78, 5) is 13.7. The maximum absolute atomic E-state index is 12.1. The molecule has 1 aliphatic carbocycles. The lowest BCUT2D eigenvalue weighted by Gasteiger charge is -2.35. The molecule has 2 rings (SSSR count). The third-order valence-corrected chi connectivity index (χ3v) is 3.67. The van der Waals surface area contributed by atoms with Crippen molar-refractivity contribution in [2.75, 3.05) is 18.1 Å². The third-order valence-electron chi connectivity index (χ3n) is 3.67. The van der Waals surface area contributed by atoms with Crippen LogP contribution in [0.5, 0.6) is 0 Å². The Morgan fingerprint density at radius 1 is 1.32 bits per heavy atom. The molecule has 0 spiro atoms. The third kappa shape index (κ3) is 3.38. The zero-order chi connectivity index (χ0) is 13.8. The van der Waals surface area contributed by atoms with Gasteiger partial charge in [-0.05, 0) is 37.1 Å². The number of nitrogen functional groups attached to an aromatic ring is 1. The van der Waals surface area contributed by atoms with Gasteiger partial charge in [0.1, 0.15) is 0 Å². The number of hydrogen-bond acceptors (Lipinski definition) is 3. The van der Waals surface area contributed by atoms with Crippen molar-refractivity contribution < 1.29 is 9.90 Å². The second-order valence-electron chi connectivity index (χ2n) is 5.08. The normalized spacial score (nSPS) is 22.8. The Morgan fingerprint density at radius 3 is 2.58 bits per heavy atom. The van der Waals surface area contributed by atoms with Gasteiger partial charge in [0, 0.05) is 18.4 Å². The van der Waals surface area contributed by atoms with Crippen LogP contribution in [0.15, 0.2) is 24.3 Å². The van der Waals surface area contributed by atoms with Gasteiger partial charge < -0.3 is 21.1 Å². The number of hydrogen-bond donors (Lipinski definition) is 3. The van der Waals surface area contributed by atoms with E-state index in [-0.39, 0.29) is 12.1 Å². The summed E-state index contributed by atoms with van der Waals surface area (Å²) in [6, 6.07) is 6.71. The van der Waals surface area contributed by atoms with Gasteiger partial charge in [0.15, 0.2) is 0 Å². The number of benzene rings is 1. The van der Waals surface area contributed by atoms with Crippen LogP contribution in [0.4, 0.5) is 16.2 Å². The molecule has 2 atom stereocenters. The highest BCUT2D eigenvalue weighted by atomic mass is 16.3. The van der Waals surface area contributed by atoms with Crippen LogP contribution in [0.2, 0.25) is 0 Å². The van der Waals surface area contributed by atoms with E-state index in [1.165, 1.54) is 0 Å². The molecule has 0 aliphatic heterocycles. The number of likely N-dealkylation sites (N-methyl/N-ethyl adjacent to an activating group) is 1. The summed E-state index contributed by atoms with van der Waals surface area (Å²) in [6.07, 6.45) is 3.29. The smallest absolute Gasteiger partial charge is 0.321 e. The quantitative estimate of drug-likeness (QED) is 0.714. The molecular formula is C14H21N3O2. The SMILES string of the molecule is CN(C(=O)Nc1ccc(N)cc1)C1CCCCC1O. The van der Waals surface area contributed by atoms with Crippen molar-refractivity contribution in [3.63, 3.8) is 0 Å². The van der Waals surface area contributed by atoms with Crippen molar-refractivity contribution in [1.82, 2.24) is 4.90 Å². The van der Waals surface area contributed by atoms with Gasteiger partial charge in [-0.3, -0.25) is 0 Å². The van der Waals surface area contributed by atoms with Gasteiger partial charge in [0.05, 0.1) is 12.1 Å². The number of amides is 2. The number of aliphatic hydroxyl groups excluding tert-OH is 1. The summed E-state index contributed by atoms with van der Waals surface area (Å²) < 4.78 is 0. The van der Waals surface area contributed by atoms with E-state index in [9.17, 15) is 9.90 Å². The Hall–Kier alpha value is -1.75. The first kappa shape index (κ1) is 13.7. The number of carbonyl (C=O) groups is 1. The van der Waals surface area contributed by atoms with E-state index in [2.05, 4.69) is 5.32 Å². The summed E-state index contributed by atoms with van der Waals surface area (Å²) in [5.41, 5.74) is 6.96. The molecule has 1 aromatic rings. The first-order chi connectivity index (χ1) is 9.08. The van der Waals surface area contributed by atoms with Crippen LogP contribution < -0.4 is 11.1 Å². The first-order valence-corrected chi connectivity index (χ1v) is 6.65. The number of anilines is 2. The number of rotatable bonds is 2. The van der Waals surface area contributed by atoms with Crippen LogP contribution in [0.1, 0.15) is 25.7 Å². The lowest BCUT2D eigenvalue weighted by atomic mass is 9.92. The van der Waals surface area contributed by atoms with Crippen molar-refractivity contribution in [2.45, 2.75) is 37.8 Å². The van der Waals surface area contributed by atoms with Crippen molar-refractivity contribution in [3.8, 4) is 0 Å². The van der Waals surface area contributed by atoms with Crippen molar-refractivity contribution in [1.29, 1.82) is 0 Å². The zero-order valence-electron chi connectivity index (χ0n) is 11.2. The molecule has 0 bridgehead atoms. The topological polar surface area (TPSA) is 78.6 Å². The van der Waals surface area contributed by atoms with Crippen LogP contribution in [0.25, 0.3) is 0 Å². The van der Waals surface area contributed by atoms with Gasteiger partial charge in [0.2, 0.25) is 0 Å².